The number of hydrazine groups is 1. The van der Waals surface area contributed by atoms with Crippen molar-refractivity contribution >= 4 is 15.9 Å². The Kier molecular flexibility index (Phi) is 6.70. The highest BCUT2D eigenvalue weighted by molar-refractivity contribution is 9.10. The lowest BCUT2D eigenvalue weighted by molar-refractivity contribution is 0.465. The van der Waals surface area contributed by atoms with Gasteiger partial charge in [0.15, 0.2) is 0 Å². The lowest BCUT2D eigenvalue weighted by atomic mass is 10.0. The molecule has 1 unspecified atom stereocenters. The molecule has 0 heterocycles. The first kappa shape index (κ1) is 14.6. The van der Waals surface area contributed by atoms with Gasteiger partial charge in [0.05, 0.1) is 4.47 Å². The Bertz CT molecular complexity index is 344. The summed E-state index contributed by atoms with van der Waals surface area (Å²) in [5.41, 5.74) is 3.78. The van der Waals surface area contributed by atoms with Crippen molar-refractivity contribution in [3.63, 3.8) is 0 Å². The van der Waals surface area contributed by atoms with Crippen LogP contribution in [0.25, 0.3) is 0 Å². The summed E-state index contributed by atoms with van der Waals surface area (Å²) in [5, 5.41) is 0. The van der Waals surface area contributed by atoms with Crippen LogP contribution in [0.3, 0.4) is 0 Å². The monoisotopic (exact) mass is 302 g/mol. The first-order chi connectivity index (χ1) is 8.19. The maximum absolute atomic E-state index is 13.3. The molecule has 0 fully saturated rings. The first-order valence-corrected chi connectivity index (χ1v) is 6.87. The fourth-order valence-electron chi connectivity index (χ4n) is 1.86. The number of hydrogen-bond acceptors (Lipinski definition) is 2. The van der Waals surface area contributed by atoms with E-state index in [1.807, 2.05) is 6.07 Å². The molecular weight excluding hydrogens is 283 g/mol. The summed E-state index contributed by atoms with van der Waals surface area (Å²) in [7, 11) is 0. The molecule has 0 radical (unpaired) electrons. The maximum Gasteiger partial charge on any atom is 0.137 e. The zero-order chi connectivity index (χ0) is 12.7. The molecule has 0 saturated carbocycles. The van der Waals surface area contributed by atoms with E-state index >= 15 is 0 Å². The minimum Gasteiger partial charge on any atom is -0.271 e. The average molecular weight is 303 g/mol. The molecule has 1 aromatic rings. The van der Waals surface area contributed by atoms with E-state index in [0.717, 1.165) is 24.8 Å². The van der Waals surface area contributed by atoms with Crippen LogP contribution in [0.1, 0.15) is 38.2 Å². The van der Waals surface area contributed by atoms with Crippen molar-refractivity contribution in [2.75, 3.05) is 0 Å². The highest BCUT2D eigenvalue weighted by Crippen LogP contribution is 2.22. The normalized spacial score (nSPS) is 12.7. The van der Waals surface area contributed by atoms with E-state index in [2.05, 4.69) is 28.3 Å². The predicted molar refractivity (Wildman–Crippen MR) is 73.1 cm³/mol. The van der Waals surface area contributed by atoms with E-state index in [4.69, 9.17) is 5.84 Å². The van der Waals surface area contributed by atoms with Crippen LogP contribution in [-0.4, -0.2) is 6.04 Å². The highest BCUT2D eigenvalue weighted by Gasteiger charge is 2.11. The summed E-state index contributed by atoms with van der Waals surface area (Å²) in [6, 6.07) is 5.32. The van der Waals surface area contributed by atoms with E-state index in [1.54, 1.807) is 6.07 Å². The molecule has 0 amide bonds. The number of rotatable bonds is 7. The molecule has 1 atom stereocenters. The van der Waals surface area contributed by atoms with E-state index in [-0.39, 0.29) is 11.9 Å². The van der Waals surface area contributed by atoms with Gasteiger partial charge in [0.1, 0.15) is 5.82 Å². The predicted octanol–water partition coefficient (Wildman–Crippen LogP) is 3.54. The smallest absolute Gasteiger partial charge is 0.137 e. The van der Waals surface area contributed by atoms with Gasteiger partial charge in [0, 0.05) is 6.04 Å². The molecule has 96 valence electrons. The number of benzene rings is 1. The third-order valence-electron chi connectivity index (χ3n) is 2.89. The van der Waals surface area contributed by atoms with Gasteiger partial charge in [-0.3, -0.25) is 11.3 Å². The summed E-state index contributed by atoms with van der Waals surface area (Å²) < 4.78 is 13.9. The molecule has 0 saturated heterocycles. The van der Waals surface area contributed by atoms with E-state index in [1.165, 1.54) is 18.9 Å². The second-order valence-electron chi connectivity index (χ2n) is 4.28. The largest absolute Gasteiger partial charge is 0.271 e. The maximum atomic E-state index is 13.3. The topological polar surface area (TPSA) is 38.0 Å². The summed E-state index contributed by atoms with van der Waals surface area (Å²) in [6.07, 6.45) is 5.33. The van der Waals surface area contributed by atoms with Crippen LogP contribution in [0.15, 0.2) is 22.7 Å². The third-order valence-corrected chi connectivity index (χ3v) is 3.78. The van der Waals surface area contributed by atoms with Gasteiger partial charge in [-0.2, -0.15) is 0 Å². The van der Waals surface area contributed by atoms with E-state index in [9.17, 15) is 4.39 Å². The van der Waals surface area contributed by atoms with Crippen molar-refractivity contribution < 1.29 is 4.39 Å². The van der Waals surface area contributed by atoms with Crippen LogP contribution in [0.5, 0.6) is 0 Å². The molecule has 1 aromatic carbocycles. The molecule has 0 aromatic heterocycles. The Labute approximate surface area is 111 Å². The minimum absolute atomic E-state index is 0.208. The van der Waals surface area contributed by atoms with Crippen molar-refractivity contribution in [2.24, 2.45) is 5.84 Å². The van der Waals surface area contributed by atoms with Crippen molar-refractivity contribution in [2.45, 2.75) is 45.1 Å². The number of nitrogens with two attached hydrogens (primary N) is 1. The molecule has 0 spiro atoms. The van der Waals surface area contributed by atoms with Gasteiger partial charge < -0.3 is 0 Å². The summed E-state index contributed by atoms with van der Waals surface area (Å²) in [6.45, 7) is 2.17. The number of nitrogens with one attached hydrogen (secondary N) is 1. The quantitative estimate of drug-likeness (QED) is 0.459. The molecule has 0 aliphatic heterocycles. The van der Waals surface area contributed by atoms with Gasteiger partial charge in [-0.25, -0.2) is 4.39 Å². The van der Waals surface area contributed by atoms with Crippen LogP contribution in [0, 0.1) is 5.82 Å². The molecule has 0 aliphatic carbocycles. The molecule has 1 rings (SSSR count). The Morgan fingerprint density at radius 3 is 2.82 bits per heavy atom. The van der Waals surface area contributed by atoms with Gasteiger partial charge in [-0.1, -0.05) is 38.3 Å². The zero-order valence-electron chi connectivity index (χ0n) is 10.2. The van der Waals surface area contributed by atoms with Gasteiger partial charge in [-0.05, 0) is 40.4 Å². The molecule has 0 bridgehead atoms. The fourth-order valence-corrected chi connectivity index (χ4v) is 2.28. The van der Waals surface area contributed by atoms with Crippen molar-refractivity contribution in [3.8, 4) is 0 Å². The summed E-state index contributed by atoms with van der Waals surface area (Å²) in [5.74, 6) is 5.32. The van der Waals surface area contributed by atoms with Gasteiger partial charge in [0.2, 0.25) is 0 Å². The number of halogens is 2. The molecular formula is C13H20BrFN2. The molecule has 0 aliphatic rings. The highest BCUT2D eigenvalue weighted by atomic mass is 79.9. The van der Waals surface area contributed by atoms with Crippen LogP contribution in [0.2, 0.25) is 0 Å². The Morgan fingerprint density at radius 2 is 2.18 bits per heavy atom. The van der Waals surface area contributed by atoms with Crippen LogP contribution < -0.4 is 11.3 Å². The fraction of sp³-hybridized carbons (Fsp3) is 0.538. The summed E-state index contributed by atoms with van der Waals surface area (Å²) >= 11 is 3.28. The molecule has 4 heteroatoms. The Balaban J connectivity index is 2.57. The van der Waals surface area contributed by atoms with Gasteiger partial charge >= 0.3 is 0 Å². The molecule has 2 nitrogen and oxygen atoms in total. The minimum atomic E-state index is -0.216. The van der Waals surface area contributed by atoms with Crippen molar-refractivity contribution in [1.82, 2.24) is 5.43 Å². The Hall–Kier alpha value is -0.450. The third kappa shape index (κ3) is 4.74. The zero-order valence-corrected chi connectivity index (χ0v) is 11.8. The molecule has 3 N–H and O–H groups in total. The van der Waals surface area contributed by atoms with E-state index in [0.29, 0.717) is 4.47 Å². The SMILES string of the molecule is CCCCCC(Cc1cccc(F)c1Br)NN. The van der Waals surface area contributed by atoms with Crippen LogP contribution in [-0.2, 0) is 6.42 Å². The lowest BCUT2D eigenvalue weighted by Crippen LogP contribution is -2.36. The standard InChI is InChI=1S/C13H20BrFN2/c1-2-3-4-7-11(17-16)9-10-6-5-8-12(15)13(10)14/h5-6,8,11,17H,2-4,7,9,16H2,1H3. The number of unbranched alkanes of at least 4 members (excludes halogenated alkanes) is 2. The van der Waals surface area contributed by atoms with Gasteiger partial charge in [0.25, 0.3) is 0 Å². The van der Waals surface area contributed by atoms with E-state index < -0.39 is 0 Å². The van der Waals surface area contributed by atoms with Crippen molar-refractivity contribution in [3.05, 3.63) is 34.1 Å². The van der Waals surface area contributed by atoms with Crippen LogP contribution in [0.4, 0.5) is 4.39 Å². The molecule has 17 heavy (non-hydrogen) atoms. The second-order valence-corrected chi connectivity index (χ2v) is 5.07. The van der Waals surface area contributed by atoms with Gasteiger partial charge in [-0.15, -0.1) is 0 Å². The summed E-state index contributed by atoms with van der Waals surface area (Å²) in [4.78, 5) is 0. The van der Waals surface area contributed by atoms with Crippen LogP contribution >= 0.6 is 15.9 Å². The average Bonchev–Trinajstić information content (AvgIpc) is 2.33. The Morgan fingerprint density at radius 1 is 1.41 bits per heavy atom. The second kappa shape index (κ2) is 7.80. The number of hydrogen-bond donors (Lipinski definition) is 2. The first-order valence-electron chi connectivity index (χ1n) is 6.08. The lowest BCUT2D eigenvalue weighted by Gasteiger charge is -2.16. The van der Waals surface area contributed by atoms with Crippen molar-refractivity contribution in [1.29, 1.82) is 0 Å².